The number of carbonyl (C=O) groups is 4. The maximum absolute atomic E-state index is 13.2. The second-order valence-electron chi connectivity index (χ2n) is 9.74. The number of anilines is 1. The average molecular weight is 469 g/mol. The molecular formula is C25H32N4O5. The van der Waals surface area contributed by atoms with Gasteiger partial charge in [-0.2, -0.15) is 0 Å². The first-order chi connectivity index (χ1) is 16.5. The predicted octanol–water partition coefficient (Wildman–Crippen LogP) is 2.44. The Balaban J connectivity index is 1.23. The van der Waals surface area contributed by atoms with Gasteiger partial charge in [-0.1, -0.05) is 25.0 Å². The van der Waals surface area contributed by atoms with Gasteiger partial charge in [0.1, 0.15) is 11.3 Å². The standard InChI is InChI=1S/C25H32N4O5/c30-21(11-8-16-28-23(32)25(26-24(28)33)12-4-5-13-25)29-17-20(22(31)27-14-6-1-7-15-27)34-19-10-3-2-9-18(19)29/h2-3,9-10,20H,1,4-8,11-17H2,(H,26,33). The highest BCUT2D eigenvalue weighted by molar-refractivity contribution is 6.07. The molecule has 0 aromatic heterocycles. The van der Waals surface area contributed by atoms with Crippen LogP contribution in [-0.4, -0.2) is 71.4 Å². The monoisotopic (exact) mass is 468 g/mol. The van der Waals surface area contributed by atoms with Crippen molar-refractivity contribution >= 4 is 29.4 Å². The minimum Gasteiger partial charge on any atom is -0.476 e. The van der Waals surface area contributed by atoms with Crippen molar-refractivity contribution in [1.29, 1.82) is 0 Å². The molecule has 4 aliphatic rings. The van der Waals surface area contributed by atoms with Gasteiger partial charge >= 0.3 is 6.03 Å². The molecule has 1 N–H and O–H groups in total. The third-order valence-electron chi connectivity index (χ3n) is 7.49. The smallest absolute Gasteiger partial charge is 0.325 e. The molecule has 1 aliphatic carbocycles. The first kappa shape index (κ1) is 22.7. The largest absolute Gasteiger partial charge is 0.476 e. The molecule has 1 unspecified atom stereocenters. The van der Waals surface area contributed by atoms with Crippen LogP contribution in [0.25, 0.3) is 0 Å². The van der Waals surface area contributed by atoms with Crippen LogP contribution in [0.4, 0.5) is 10.5 Å². The van der Waals surface area contributed by atoms with Gasteiger partial charge in [-0.3, -0.25) is 19.3 Å². The fourth-order valence-electron chi connectivity index (χ4n) is 5.64. The molecule has 3 aliphatic heterocycles. The number of nitrogens with zero attached hydrogens (tertiary/aromatic N) is 3. The van der Waals surface area contributed by atoms with Crippen molar-refractivity contribution in [3.63, 3.8) is 0 Å². The number of fused-ring (bicyclic) bond motifs is 1. The lowest BCUT2D eigenvalue weighted by Crippen LogP contribution is -2.52. The Labute approximate surface area is 199 Å². The zero-order chi connectivity index (χ0) is 23.7. The molecular weight excluding hydrogens is 436 g/mol. The van der Waals surface area contributed by atoms with Crippen molar-refractivity contribution in [2.75, 3.05) is 31.1 Å². The number of hydrogen-bond donors (Lipinski definition) is 1. The van der Waals surface area contributed by atoms with Crippen LogP contribution >= 0.6 is 0 Å². The number of para-hydroxylation sites is 2. The van der Waals surface area contributed by atoms with E-state index in [4.69, 9.17) is 4.74 Å². The first-order valence-corrected chi connectivity index (χ1v) is 12.5. The normalized spacial score (nSPS) is 23.6. The highest BCUT2D eigenvalue weighted by Crippen LogP contribution is 2.36. The van der Waals surface area contributed by atoms with E-state index in [1.54, 1.807) is 11.0 Å². The topological polar surface area (TPSA) is 99.3 Å². The van der Waals surface area contributed by atoms with E-state index in [1.165, 1.54) is 4.90 Å². The summed E-state index contributed by atoms with van der Waals surface area (Å²) in [6.45, 7) is 1.82. The van der Waals surface area contributed by atoms with E-state index in [-0.39, 0.29) is 43.3 Å². The van der Waals surface area contributed by atoms with Crippen LogP contribution in [0.3, 0.4) is 0 Å². The second-order valence-corrected chi connectivity index (χ2v) is 9.74. The highest BCUT2D eigenvalue weighted by atomic mass is 16.5. The molecule has 3 fully saturated rings. The molecule has 9 nitrogen and oxygen atoms in total. The van der Waals surface area contributed by atoms with Gasteiger partial charge in [-0.25, -0.2) is 4.79 Å². The van der Waals surface area contributed by atoms with Crippen LogP contribution in [0, 0.1) is 0 Å². The van der Waals surface area contributed by atoms with Gasteiger partial charge in [0.25, 0.3) is 11.8 Å². The van der Waals surface area contributed by atoms with E-state index in [9.17, 15) is 19.2 Å². The number of likely N-dealkylation sites (tertiary alicyclic amines) is 1. The third kappa shape index (κ3) is 4.12. The average Bonchev–Trinajstić information content (AvgIpc) is 3.43. The summed E-state index contributed by atoms with van der Waals surface area (Å²) < 4.78 is 6.00. The summed E-state index contributed by atoms with van der Waals surface area (Å²) in [7, 11) is 0. The first-order valence-electron chi connectivity index (χ1n) is 12.5. The fraction of sp³-hybridized carbons (Fsp3) is 0.600. The van der Waals surface area contributed by atoms with Gasteiger partial charge < -0.3 is 19.9 Å². The molecule has 1 spiro atoms. The molecule has 5 rings (SSSR count). The minimum absolute atomic E-state index is 0.0757. The van der Waals surface area contributed by atoms with Gasteiger partial charge in [-0.05, 0) is 50.7 Å². The summed E-state index contributed by atoms with van der Waals surface area (Å²) in [5.74, 6) is 0.143. The fourth-order valence-corrected chi connectivity index (χ4v) is 5.64. The minimum atomic E-state index is -0.731. The number of imide groups is 1. The third-order valence-corrected chi connectivity index (χ3v) is 7.49. The molecule has 182 valence electrons. The van der Waals surface area contributed by atoms with Gasteiger partial charge in [-0.15, -0.1) is 0 Å². The van der Waals surface area contributed by atoms with Crippen molar-refractivity contribution in [2.45, 2.75) is 69.4 Å². The van der Waals surface area contributed by atoms with Gasteiger partial charge in [0.05, 0.1) is 12.2 Å². The molecule has 1 aromatic carbocycles. The van der Waals surface area contributed by atoms with E-state index >= 15 is 0 Å². The van der Waals surface area contributed by atoms with Crippen LogP contribution < -0.4 is 15.0 Å². The molecule has 34 heavy (non-hydrogen) atoms. The zero-order valence-corrected chi connectivity index (χ0v) is 19.5. The maximum Gasteiger partial charge on any atom is 0.325 e. The number of ether oxygens (including phenoxy) is 1. The molecule has 1 aromatic rings. The van der Waals surface area contributed by atoms with E-state index in [2.05, 4.69) is 5.32 Å². The van der Waals surface area contributed by atoms with Gasteiger partial charge in [0, 0.05) is 26.1 Å². The highest BCUT2D eigenvalue weighted by Gasteiger charge is 2.52. The van der Waals surface area contributed by atoms with Crippen molar-refractivity contribution in [2.24, 2.45) is 0 Å². The molecule has 5 amide bonds. The van der Waals surface area contributed by atoms with E-state index in [0.717, 1.165) is 45.2 Å². The zero-order valence-electron chi connectivity index (χ0n) is 19.5. The SMILES string of the molecule is O=C(C1CN(C(=O)CCCN2C(=O)NC3(CCCC3)C2=O)c2ccccc2O1)N1CCCCC1. The van der Waals surface area contributed by atoms with E-state index in [0.29, 0.717) is 30.7 Å². The van der Waals surface area contributed by atoms with Gasteiger partial charge in [0.15, 0.2) is 6.10 Å². The predicted molar refractivity (Wildman–Crippen MR) is 124 cm³/mol. The van der Waals surface area contributed by atoms with Crippen LogP contribution in [0.5, 0.6) is 5.75 Å². The van der Waals surface area contributed by atoms with Gasteiger partial charge in [0.2, 0.25) is 5.91 Å². The number of amides is 5. The summed E-state index contributed by atoms with van der Waals surface area (Å²) >= 11 is 0. The number of rotatable bonds is 5. The number of benzene rings is 1. The number of urea groups is 1. The van der Waals surface area contributed by atoms with E-state index in [1.807, 2.05) is 23.1 Å². The summed E-state index contributed by atoms with van der Waals surface area (Å²) in [6, 6.07) is 6.90. The van der Waals surface area contributed by atoms with Crippen molar-refractivity contribution < 1.29 is 23.9 Å². The van der Waals surface area contributed by atoms with Crippen LogP contribution in [0.15, 0.2) is 24.3 Å². The molecule has 0 radical (unpaired) electrons. The Morgan fingerprint density at radius 2 is 1.76 bits per heavy atom. The Hall–Kier alpha value is -3.10. The Bertz CT molecular complexity index is 983. The summed E-state index contributed by atoms with van der Waals surface area (Å²) in [5.41, 5.74) is -0.0816. The van der Waals surface area contributed by atoms with Crippen molar-refractivity contribution in [3.8, 4) is 5.75 Å². The van der Waals surface area contributed by atoms with Crippen molar-refractivity contribution in [1.82, 2.24) is 15.1 Å². The molecule has 0 bridgehead atoms. The lowest BCUT2D eigenvalue weighted by molar-refractivity contribution is -0.139. The summed E-state index contributed by atoms with van der Waals surface area (Å²) in [5, 5.41) is 2.88. The molecule has 3 heterocycles. The molecule has 2 saturated heterocycles. The Morgan fingerprint density at radius 3 is 2.53 bits per heavy atom. The van der Waals surface area contributed by atoms with Crippen molar-refractivity contribution in [3.05, 3.63) is 24.3 Å². The Kier molecular flexibility index (Phi) is 6.18. The van der Waals surface area contributed by atoms with Crippen LogP contribution in [-0.2, 0) is 14.4 Å². The van der Waals surface area contributed by atoms with E-state index < -0.39 is 11.6 Å². The summed E-state index contributed by atoms with van der Waals surface area (Å²) in [6.07, 6.45) is 6.16. The quantitative estimate of drug-likeness (QED) is 0.670. The molecule has 1 atom stereocenters. The number of carbonyl (C=O) groups excluding carboxylic acids is 4. The molecule has 9 heteroatoms. The van der Waals surface area contributed by atoms with Crippen LogP contribution in [0.1, 0.15) is 57.8 Å². The number of piperidine rings is 1. The summed E-state index contributed by atoms with van der Waals surface area (Å²) in [4.78, 5) is 56.3. The lowest BCUT2D eigenvalue weighted by Gasteiger charge is -2.37. The molecule has 1 saturated carbocycles. The Morgan fingerprint density at radius 1 is 1.03 bits per heavy atom. The second kappa shape index (κ2) is 9.27. The lowest BCUT2D eigenvalue weighted by atomic mass is 9.98. The number of hydrogen-bond acceptors (Lipinski definition) is 5. The number of nitrogens with one attached hydrogen (secondary N) is 1. The van der Waals surface area contributed by atoms with Crippen LogP contribution in [0.2, 0.25) is 0 Å². The maximum atomic E-state index is 13.2.